The molecule has 0 radical (unpaired) electrons. The van der Waals surface area contributed by atoms with Crippen LogP contribution in [-0.2, 0) is 23.9 Å². The molecule has 0 aliphatic rings. The first-order valence-corrected chi connectivity index (χ1v) is 12.2. The molecule has 0 saturated carbocycles. The minimum atomic E-state index is -1.10. The fourth-order valence-corrected chi connectivity index (χ4v) is 3.64. The van der Waals surface area contributed by atoms with Crippen LogP contribution in [0, 0.1) is 5.41 Å². The van der Waals surface area contributed by atoms with E-state index >= 15 is 0 Å². The predicted octanol–water partition coefficient (Wildman–Crippen LogP) is 4.94. The molecule has 2 aromatic rings. The van der Waals surface area contributed by atoms with E-state index in [1.165, 1.54) is 17.3 Å². The molecule has 0 aliphatic carbocycles. The topological polar surface area (TPSA) is 110 Å². The summed E-state index contributed by atoms with van der Waals surface area (Å²) in [4.78, 5) is 41.6. The van der Waals surface area contributed by atoms with Crippen molar-refractivity contribution in [3.8, 4) is 5.75 Å². The number of nitrogens with zero attached hydrogens (tertiary/aromatic N) is 3. The van der Waals surface area contributed by atoms with E-state index in [0.29, 0.717) is 17.2 Å². The molecule has 1 aromatic carbocycles. The highest BCUT2D eigenvalue weighted by Gasteiger charge is 2.40. The lowest BCUT2D eigenvalue weighted by Crippen LogP contribution is -2.40. The van der Waals surface area contributed by atoms with Gasteiger partial charge in [0.15, 0.2) is 0 Å². The molecule has 2 rings (SSSR count). The normalized spacial score (nSPS) is 14.0. The van der Waals surface area contributed by atoms with Gasteiger partial charge in [0.1, 0.15) is 30.6 Å². The second-order valence-electron chi connectivity index (χ2n) is 8.83. The molecule has 9 nitrogen and oxygen atoms in total. The summed E-state index contributed by atoms with van der Waals surface area (Å²) in [5.74, 6) is -0.560. The number of hydrogen-bond acceptors (Lipinski definition) is 8. The Kier molecular flexibility index (Phi) is 10.7. The summed E-state index contributed by atoms with van der Waals surface area (Å²) >= 11 is 5.96. The summed E-state index contributed by atoms with van der Waals surface area (Å²) in [6.45, 7) is 8.83. The Bertz CT molecular complexity index is 962. The maximum absolute atomic E-state index is 13.7. The molecule has 10 heteroatoms. The number of Topliss-reactive ketones (excluding diaryl/α,β-unsaturated/α-hetero) is 1. The van der Waals surface area contributed by atoms with Gasteiger partial charge in [-0.25, -0.2) is 9.67 Å². The number of carbonyl (C=O) groups is 3. The van der Waals surface area contributed by atoms with E-state index in [4.69, 9.17) is 25.8 Å². The molecule has 1 aromatic heterocycles. The number of benzene rings is 1. The van der Waals surface area contributed by atoms with Crippen molar-refractivity contribution in [3.63, 3.8) is 0 Å². The minimum absolute atomic E-state index is 0.192. The number of rotatable bonds is 14. The zero-order valence-corrected chi connectivity index (χ0v) is 21.7. The van der Waals surface area contributed by atoms with Crippen molar-refractivity contribution >= 4 is 29.3 Å². The highest BCUT2D eigenvalue weighted by Crippen LogP contribution is 2.33. The van der Waals surface area contributed by atoms with Crippen molar-refractivity contribution < 1.29 is 28.6 Å². The number of hydrogen-bond donors (Lipinski definition) is 0. The van der Waals surface area contributed by atoms with Crippen LogP contribution in [0.1, 0.15) is 73.0 Å². The van der Waals surface area contributed by atoms with E-state index < -0.39 is 23.9 Å². The van der Waals surface area contributed by atoms with Crippen LogP contribution in [-0.4, -0.2) is 44.7 Å². The third kappa shape index (κ3) is 8.65. The van der Waals surface area contributed by atoms with Crippen LogP contribution < -0.4 is 4.74 Å². The molecule has 0 bridgehead atoms. The van der Waals surface area contributed by atoms with Crippen LogP contribution >= 0.6 is 11.6 Å². The molecule has 3 atom stereocenters. The molecule has 35 heavy (non-hydrogen) atoms. The van der Waals surface area contributed by atoms with Crippen LogP contribution in [0.3, 0.4) is 0 Å². The Morgan fingerprint density at radius 1 is 1.00 bits per heavy atom. The molecular formula is C25H34ClN3O6. The van der Waals surface area contributed by atoms with Crippen LogP contribution in [0.15, 0.2) is 36.9 Å². The van der Waals surface area contributed by atoms with Gasteiger partial charge < -0.3 is 14.2 Å². The fourth-order valence-electron chi connectivity index (χ4n) is 3.52. The molecule has 0 fully saturated rings. The third-order valence-electron chi connectivity index (χ3n) is 5.52. The van der Waals surface area contributed by atoms with E-state index in [1.54, 1.807) is 52.0 Å². The monoisotopic (exact) mass is 507 g/mol. The van der Waals surface area contributed by atoms with Gasteiger partial charge in [-0.05, 0) is 37.1 Å². The predicted molar refractivity (Wildman–Crippen MR) is 130 cm³/mol. The van der Waals surface area contributed by atoms with Crippen LogP contribution in [0.2, 0.25) is 5.02 Å². The zero-order valence-electron chi connectivity index (χ0n) is 20.9. The molecule has 0 N–H and O–H groups in total. The zero-order chi connectivity index (χ0) is 26.0. The molecule has 0 saturated heterocycles. The van der Waals surface area contributed by atoms with E-state index in [1.807, 2.05) is 6.92 Å². The quantitative estimate of drug-likeness (QED) is 0.331. The van der Waals surface area contributed by atoms with Gasteiger partial charge in [0.05, 0.1) is 0 Å². The number of ether oxygens (including phenoxy) is 3. The highest BCUT2D eigenvalue weighted by molar-refractivity contribution is 6.30. The summed E-state index contributed by atoms with van der Waals surface area (Å²) in [5.41, 5.74) is -0.991. The Hall–Kier alpha value is -2.94. The van der Waals surface area contributed by atoms with Crippen molar-refractivity contribution in [2.45, 2.75) is 85.2 Å². The maximum Gasteiger partial charge on any atom is 0.305 e. The summed E-state index contributed by atoms with van der Waals surface area (Å²) < 4.78 is 18.5. The van der Waals surface area contributed by atoms with Crippen molar-refractivity contribution in [2.75, 3.05) is 0 Å². The molecule has 192 valence electrons. The first-order chi connectivity index (χ1) is 16.6. The molecular weight excluding hydrogens is 474 g/mol. The van der Waals surface area contributed by atoms with Gasteiger partial charge in [-0.3, -0.25) is 14.4 Å². The SMILES string of the molecule is CCC(=O)OC(CC)CC(CC(C)(C)C(=O)C(Oc1ccc(Cl)cc1)n1cncn1)OC(=O)CC. The fraction of sp³-hybridized carbons (Fsp3) is 0.560. The van der Waals surface area contributed by atoms with Gasteiger partial charge in [-0.15, -0.1) is 0 Å². The average Bonchev–Trinajstić information content (AvgIpc) is 3.36. The molecule has 0 amide bonds. The molecule has 3 unspecified atom stereocenters. The standard InChI is InChI=1S/C25H34ClN3O6/c1-6-18(33-21(30)7-2)13-20(34-22(31)8-3)14-25(4,5)23(32)24(29-16-27-15-28-29)35-19-11-9-17(26)10-12-19/h9-12,15-16,18,20,24H,6-8,13-14H2,1-5H3. The Morgan fingerprint density at radius 3 is 2.11 bits per heavy atom. The largest absolute Gasteiger partial charge is 0.462 e. The second-order valence-corrected chi connectivity index (χ2v) is 9.26. The summed E-state index contributed by atoms with van der Waals surface area (Å²) in [6.07, 6.45) is 2.04. The molecule has 0 spiro atoms. The number of aromatic nitrogens is 3. The number of esters is 2. The first kappa shape index (κ1) is 28.3. The van der Waals surface area contributed by atoms with Crippen molar-refractivity contribution in [1.29, 1.82) is 0 Å². The van der Waals surface area contributed by atoms with Crippen molar-refractivity contribution in [3.05, 3.63) is 41.9 Å². The lowest BCUT2D eigenvalue weighted by Gasteiger charge is -2.32. The number of carbonyl (C=O) groups excluding carboxylic acids is 3. The first-order valence-electron chi connectivity index (χ1n) is 11.8. The van der Waals surface area contributed by atoms with E-state index in [2.05, 4.69) is 10.1 Å². The van der Waals surface area contributed by atoms with Gasteiger partial charge in [0.2, 0.25) is 5.78 Å². The Morgan fingerprint density at radius 2 is 1.60 bits per heavy atom. The van der Waals surface area contributed by atoms with Crippen LogP contribution in [0.4, 0.5) is 0 Å². The minimum Gasteiger partial charge on any atom is -0.462 e. The second kappa shape index (κ2) is 13.2. The van der Waals surface area contributed by atoms with Crippen LogP contribution in [0.25, 0.3) is 0 Å². The average molecular weight is 508 g/mol. The lowest BCUT2D eigenvalue weighted by atomic mass is 9.80. The molecule has 0 aliphatic heterocycles. The third-order valence-corrected chi connectivity index (χ3v) is 5.77. The van der Waals surface area contributed by atoms with E-state index in [-0.39, 0.29) is 43.4 Å². The summed E-state index contributed by atoms with van der Waals surface area (Å²) in [6, 6.07) is 6.64. The van der Waals surface area contributed by atoms with Gasteiger partial charge in [-0.2, -0.15) is 5.10 Å². The van der Waals surface area contributed by atoms with Crippen LogP contribution in [0.5, 0.6) is 5.75 Å². The summed E-state index contributed by atoms with van der Waals surface area (Å²) in [7, 11) is 0. The number of ketones is 1. The Labute approximate surface area is 211 Å². The highest BCUT2D eigenvalue weighted by atomic mass is 35.5. The van der Waals surface area contributed by atoms with Crippen molar-refractivity contribution in [2.24, 2.45) is 5.41 Å². The Balaban J connectivity index is 2.26. The summed E-state index contributed by atoms with van der Waals surface area (Å²) in [5, 5.41) is 4.64. The van der Waals surface area contributed by atoms with Crippen molar-refractivity contribution in [1.82, 2.24) is 14.8 Å². The van der Waals surface area contributed by atoms with E-state index in [0.717, 1.165) is 0 Å². The van der Waals surface area contributed by atoms with E-state index in [9.17, 15) is 14.4 Å². The number of halogens is 1. The lowest BCUT2D eigenvalue weighted by molar-refractivity contribution is -0.159. The molecule has 1 heterocycles. The van der Waals surface area contributed by atoms with Gasteiger partial charge in [0.25, 0.3) is 6.23 Å². The van der Waals surface area contributed by atoms with Gasteiger partial charge >= 0.3 is 11.9 Å². The maximum atomic E-state index is 13.7. The van der Waals surface area contributed by atoms with Gasteiger partial charge in [-0.1, -0.05) is 46.2 Å². The smallest absolute Gasteiger partial charge is 0.305 e. The van der Waals surface area contributed by atoms with Gasteiger partial charge in [0, 0.05) is 29.7 Å².